The Kier molecular flexibility index (Phi) is 5.59. The number of methoxy groups -OCH3 is 2. The van der Waals surface area contributed by atoms with Crippen molar-refractivity contribution in [1.82, 2.24) is 10.3 Å². The van der Waals surface area contributed by atoms with E-state index in [0.717, 1.165) is 33.6 Å². The monoisotopic (exact) mass is 350 g/mol. The van der Waals surface area contributed by atoms with Gasteiger partial charge in [-0.1, -0.05) is 12.1 Å². The van der Waals surface area contributed by atoms with Gasteiger partial charge in [0.2, 0.25) is 0 Å². The van der Waals surface area contributed by atoms with Crippen LogP contribution in [-0.2, 0) is 6.42 Å². The molecule has 5 heteroatoms. The smallest absolute Gasteiger partial charge is 0.165 e. The molecule has 112 valence electrons. The summed E-state index contributed by atoms with van der Waals surface area (Å²) in [4.78, 5) is 4.43. The summed E-state index contributed by atoms with van der Waals surface area (Å²) in [6.07, 6.45) is 2.58. The Labute approximate surface area is 133 Å². The lowest BCUT2D eigenvalue weighted by atomic mass is 10.00. The minimum absolute atomic E-state index is 0.101. The molecule has 0 aliphatic carbocycles. The predicted octanol–water partition coefficient (Wildman–Crippen LogP) is 3.36. The highest BCUT2D eigenvalue weighted by Crippen LogP contribution is 2.35. The van der Waals surface area contributed by atoms with E-state index in [4.69, 9.17) is 9.47 Å². The van der Waals surface area contributed by atoms with E-state index in [9.17, 15) is 0 Å². The minimum Gasteiger partial charge on any atom is -0.493 e. The zero-order valence-corrected chi connectivity index (χ0v) is 14.0. The number of halogens is 1. The maximum absolute atomic E-state index is 5.51. The largest absolute Gasteiger partial charge is 0.493 e. The van der Waals surface area contributed by atoms with E-state index in [0.29, 0.717) is 0 Å². The highest BCUT2D eigenvalue weighted by molar-refractivity contribution is 9.10. The normalized spacial score (nSPS) is 12.0. The van der Waals surface area contributed by atoms with Crippen LogP contribution in [0.3, 0.4) is 0 Å². The quantitative estimate of drug-likeness (QED) is 0.867. The molecule has 4 nitrogen and oxygen atoms in total. The van der Waals surface area contributed by atoms with E-state index in [1.54, 1.807) is 14.2 Å². The average Bonchev–Trinajstić information content (AvgIpc) is 2.53. The molecule has 2 rings (SSSR count). The zero-order valence-electron chi connectivity index (χ0n) is 12.4. The first-order valence-corrected chi connectivity index (χ1v) is 7.47. The molecule has 21 heavy (non-hydrogen) atoms. The van der Waals surface area contributed by atoms with Crippen LogP contribution in [0.2, 0.25) is 0 Å². The van der Waals surface area contributed by atoms with Gasteiger partial charge in [0, 0.05) is 34.4 Å². The number of nitrogens with zero attached hydrogens (tertiary/aromatic N) is 1. The fraction of sp³-hybridized carbons (Fsp3) is 0.312. The van der Waals surface area contributed by atoms with Crippen molar-refractivity contribution in [2.45, 2.75) is 12.5 Å². The van der Waals surface area contributed by atoms with Crippen LogP contribution in [0.25, 0.3) is 0 Å². The van der Waals surface area contributed by atoms with Gasteiger partial charge in [-0.15, -0.1) is 0 Å². The Morgan fingerprint density at radius 3 is 2.57 bits per heavy atom. The van der Waals surface area contributed by atoms with E-state index in [1.165, 1.54) is 0 Å². The van der Waals surface area contributed by atoms with Crippen LogP contribution in [0.15, 0.2) is 41.0 Å². The highest BCUT2D eigenvalue weighted by Gasteiger charge is 2.18. The number of para-hydroxylation sites is 1. The number of likely N-dealkylation sites (N-methyl/N-ethyl adjacent to an activating group) is 1. The van der Waals surface area contributed by atoms with Gasteiger partial charge in [0.25, 0.3) is 0 Å². The summed E-state index contributed by atoms with van der Waals surface area (Å²) >= 11 is 3.40. The Bertz CT molecular complexity index is 587. The lowest BCUT2D eigenvalue weighted by Gasteiger charge is -2.20. The van der Waals surface area contributed by atoms with Crippen molar-refractivity contribution >= 4 is 15.9 Å². The number of hydrogen-bond donors (Lipinski definition) is 1. The molecule has 0 spiro atoms. The fourth-order valence-corrected chi connectivity index (χ4v) is 2.52. The van der Waals surface area contributed by atoms with Crippen molar-refractivity contribution in [2.24, 2.45) is 0 Å². The number of benzene rings is 1. The van der Waals surface area contributed by atoms with Gasteiger partial charge in [-0.2, -0.15) is 0 Å². The summed E-state index contributed by atoms with van der Waals surface area (Å²) < 4.78 is 11.9. The minimum atomic E-state index is 0.101. The number of pyridine rings is 1. The number of rotatable bonds is 6. The summed E-state index contributed by atoms with van der Waals surface area (Å²) in [7, 11) is 5.24. The van der Waals surface area contributed by atoms with Gasteiger partial charge in [0.1, 0.15) is 0 Å². The summed E-state index contributed by atoms with van der Waals surface area (Å²) in [5.41, 5.74) is 2.08. The standard InChI is InChI=1S/C16H19BrN2O2/c1-18-14(9-12-8-7-11(17)10-19-12)13-5-4-6-15(20-2)16(13)21-3/h4-8,10,14,18H,9H2,1-3H3. The van der Waals surface area contributed by atoms with E-state index < -0.39 is 0 Å². The van der Waals surface area contributed by atoms with Crippen molar-refractivity contribution in [3.8, 4) is 11.5 Å². The van der Waals surface area contributed by atoms with E-state index in [1.807, 2.05) is 43.6 Å². The molecule has 2 aromatic rings. The van der Waals surface area contributed by atoms with Gasteiger partial charge < -0.3 is 14.8 Å². The molecule has 0 saturated heterocycles. The molecule has 1 atom stereocenters. The lowest BCUT2D eigenvalue weighted by molar-refractivity contribution is 0.347. The topological polar surface area (TPSA) is 43.4 Å². The van der Waals surface area contributed by atoms with Crippen molar-refractivity contribution in [2.75, 3.05) is 21.3 Å². The third-order valence-corrected chi connectivity index (χ3v) is 3.83. The van der Waals surface area contributed by atoms with E-state index >= 15 is 0 Å². The predicted molar refractivity (Wildman–Crippen MR) is 87.0 cm³/mol. The molecule has 0 bridgehead atoms. The third kappa shape index (κ3) is 3.74. The maximum atomic E-state index is 5.51. The molecular formula is C16H19BrN2O2. The second kappa shape index (κ2) is 7.43. The van der Waals surface area contributed by atoms with Crippen molar-refractivity contribution in [3.05, 3.63) is 52.3 Å². The van der Waals surface area contributed by atoms with Gasteiger partial charge in [-0.3, -0.25) is 4.98 Å². The second-order valence-electron chi connectivity index (χ2n) is 4.60. The Hall–Kier alpha value is -1.59. The van der Waals surface area contributed by atoms with Gasteiger partial charge in [0.05, 0.1) is 14.2 Å². The first-order chi connectivity index (χ1) is 10.2. The Morgan fingerprint density at radius 1 is 1.19 bits per heavy atom. The van der Waals surface area contributed by atoms with Gasteiger partial charge in [-0.05, 0) is 41.2 Å². The molecule has 0 saturated carbocycles. The zero-order chi connectivity index (χ0) is 15.2. The number of nitrogens with one attached hydrogen (secondary N) is 1. The number of ether oxygens (including phenoxy) is 2. The summed E-state index contributed by atoms with van der Waals surface area (Å²) in [5.74, 6) is 1.50. The molecule has 1 heterocycles. The van der Waals surface area contributed by atoms with Crippen LogP contribution in [0.4, 0.5) is 0 Å². The highest BCUT2D eigenvalue weighted by atomic mass is 79.9. The van der Waals surface area contributed by atoms with Crippen LogP contribution in [0, 0.1) is 0 Å². The first kappa shape index (κ1) is 15.8. The van der Waals surface area contributed by atoms with Crippen molar-refractivity contribution in [1.29, 1.82) is 0 Å². The molecule has 1 aromatic carbocycles. The van der Waals surface area contributed by atoms with Crippen molar-refractivity contribution in [3.63, 3.8) is 0 Å². The van der Waals surface area contributed by atoms with E-state index in [-0.39, 0.29) is 6.04 Å². The Morgan fingerprint density at radius 2 is 2.00 bits per heavy atom. The van der Waals surface area contributed by atoms with Crippen LogP contribution < -0.4 is 14.8 Å². The first-order valence-electron chi connectivity index (χ1n) is 6.68. The second-order valence-corrected chi connectivity index (χ2v) is 5.51. The molecule has 0 fully saturated rings. The maximum Gasteiger partial charge on any atom is 0.165 e. The lowest BCUT2D eigenvalue weighted by Crippen LogP contribution is -2.20. The van der Waals surface area contributed by atoms with Gasteiger partial charge >= 0.3 is 0 Å². The van der Waals surface area contributed by atoms with Crippen LogP contribution in [0.1, 0.15) is 17.3 Å². The molecule has 0 amide bonds. The van der Waals surface area contributed by atoms with Crippen molar-refractivity contribution < 1.29 is 9.47 Å². The van der Waals surface area contributed by atoms with Crippen LogP contribution >= 0.6 is 15.9 Å². The molecule has 0 aliphatic heterocycles. The molecule has 0 radical (unpaired) electrons. The van der Waals surface area contributed by atoms with Gasteiger partial charge in [0.15, 0.2) is 11.5 Å². The molecule has 1 aromatic heterocycles. The summed E-state index contributed by atoms with van der Waals surface area (Å²) in [6.45, 7) is 0. The summed E-state index contributed by atoms with van der Waals surface area (Å²) in [6, 6.07) is 10.0. The molecule has 1 N–H and O–H groups in total. The molecule has 0 aliphatic rings. The summed E-state index contributed by atoms with van der Waals surface area (Å²) in [5, 5.41) is 3.32. The fourth-order valence-electron chi connectivity index (χ4n) is 2.29. The Balaban J connectivity index is 2.31. The molecular weight excluding hydrogens is 332 g/mol. The average molecular weight is 351 g/mol. The third-order valence-electron chi connectivity index (χ3n) is 3.36. The van der Waals surface area contributed by atoms with Crippen LogP contribution in [0.5, 0.6) is 11.5 Å². The van der Waals surface area contributed by atoms with Gasteiger partial charge in [-0.25, -0.2) is 0 Å². The van der Waals surface area contributed by atoms with E-state index in [2.05, 4.69) is 26.2 Å². The van der Waals surface area contributed by atoms with Crippen LogP contribution in [-0.4, -0.2) is 26.3 Å². The number of aromatic nitrogens is 1. The SMILES string of the molecule is CNC(Cc1ccc(Br)cn1)c1cccc(OC)c1OC. The number of hydrogen-bond acceptors (Lipinski definition) is 4. The molecule has 1 unspecified atom stereocenters.